The molecule has 8 heteroatoms. The molecule has 0 amide bonds. The van der Waals surface area contributed by atoms with E-state index in [4.69, 9.17) is 18.6 Å². The first-order valence-electron chi connectivity index (χ1n) is 15.8. The van der Waals surface area contributed by atoms with Crippen molar-refractivity contribution in [2.24, 2.45) is 0 Å². The van der Waals surface area contributed by atoms with Crippen molar-refractivity contribution in [2.45, 2.75) is 0 Å². The molecule has 0 aliphatic rings. The molecular weight excluding hydrogens is 612 g/mol. The van der Waals surface area contributed by atoms with E-state index < -0.39 is 0 Å². The lowest BCUT2D eigenvalue weighted by Gasteiger charge is -2.26. The minimum absolute atomic E-state index is 0.340. The number of para-hydroxylation sites is 3. The van der Waals surface area contributed by atoms with E-state index in [1.807, 2.05) is 30.3 Å². The van der Waals surface area contributed by atoms with Crippen molar-refractivity contribution >= 4 is 38.9 Å². The normalized spacial score (nSPS) is 11.2. The van der Waals surface area contributed by atoms with Crippen LogP contribution in [-0.4, -0.2) is 36.1 Å². The molecule has 2 heterocycles. The van der Waals surface area contributed by atoms with Crippen molar-refractivity contribution in [2.75, 3.05) is 26.2 Å². The third-order valence-electron chi connectivity index (χ3n) is 8.67. The minimum Gasteiger partial charge on any atom is -0.493 e. The number of aromatic nitrogens is 3. The van der Waals surface area contributed by atoms with E-state index in [9.17, 15) is 0 Å². The Bertz CT molecular complexity index is 2320. The number of anilines is 3. The molecule has 49 heavy (non-hydrogen) atoms. The second-order valence-corrected chi connectivity index (χ2v) is 11.4. The molecular formula is C41H32N4O4. The first-order valence-corrected chi connectivity index (χ1v) is 15.8. The van der Waals surface area contributed by atoms with Crippen molar-refractivity contribution in [1.82, 2.24) is 14.8 Å². The molecule has 8 aromatic rings. The van der Waals surface area contributed by atoms with Gasteiger partial charge in [-0.25, -0.2) is 0 Å². The van der Waals surface area contributed by atoms with Crippen LogP contribution in [0, 0.1) is 0 Å². The molecule has 2 aromatic heterocycles. The molecule has 0 radical (unpaired) electrons. The van der Waals surface area contributed by atoms with Crippen LogP contribution in [0.1, 0.15) is 0 Å². The van der Waals surface area contributed by atoms with Gasteiger partial charge in [0.2, 0.25) is 17.5 Å². The minimum atomic E-state index is 0.340. The summed E-state index contributed by atoms with van der Waals surface area (Å²) in [6.45, 7) is 0. The van der Waals surface area contributed by atoms with Gasteiger partial charge in [0.05, 0.1) is 32.4 Å². The van der Waals surface area contributed by atoms with Crippen LogP contribution in [0.25, 0.3) is 50.4 Å². The van der Waals surface area contributed by atoms with E-state index in [-0.39, 0.29) is 0 Å². The van der Waals surface area contributed by atoms with Crippen LogP contribution >= 0.6 is 0 Å². The highest BCUT2D eigenvalue weighted by molar-refractivity contribution is 6.09. The molecule has 0 aliphatic carbocycles. The number of methoxy groups -OCH3 is 3. The fourth-order valence-corrected chi connectivity index (χ4v) is 6.39. The fraction of sp³-hybridized carbons (Fsp3) is 0.0732. The summed E-state index contributed by atoms with van der Waals surface area (Å²) in [5.41, 5.74) is 7.98. The molecule has 0 spiro atoms. The highest BCUT2D eigenvalue weighted by Crippen LogP contribution is 2.42. The molecule has 0 atom stereocenters. The second-order valence-electron chi connectivity index (χ2n) is 11.4. The summed E-state index contributed by atoms with van der Waals surface area (Å²) < 4.78 is 24.9. The Hall–Kier alpha value is -6.54. The highest BCUT2D eigenvalue weighted by atomic mass is 16.5. The molecule has 8 rings (SSSR count). The maximum absolute atomic E-state index is 6.12. The Balaban J connectivity index is 1.13. The van der Waals surface area contributed by atoms with Gasteiger partial charge in [0.1, 0.15) is 0 Å². The standard InChI is InChI=1S/C41H32N4O4/c1-46-37-25-28(26-38(47-2)39(37)48-3)41-43-42-40(49-41)27-17-19-30(20-18-27)44(29-11-5-4-6-12-29)31-21-23-32(24-22-31)45-35-15-9-7-13-33(35)34-14-8-10-16-36(34)45/h4-26H,1-3H3. The first kappa shape index (κ1) is 29.8. The molecule has 8 nitrogen and oxygen atoms in total. The summed E-state index contributed by atoms with van der Waals surface area (Å²) >= 11 is 0. The fourth-order valence-electron chi connectivity index (χ4n) is 6.39. The second kappa shape index (κ2) is 12.6. The average molecular weight is 645 g/mol. The molecule has 6 aromatic carbocycles. The molecule has 0 bridgehead atoms. The summed E-state index contributed by atoms with van der Waals surface area (Å²) in [4.78, 5) is 2.23. The van der Waals surface area contributed by atoms with Gasteiger partial charge >= 0.3 is 0 Å². The van der Waals surface area contributed by atoms with Crippen LogP contribution in [0.15, 0.2) is 144 Å². The Morgan fingerprint density at radius 1 is 0.510 bits per heavy atom. The van der Waals surface area contributed by atoms with Gasteiger partial charge in [-0.15, -0.1) is 10.2 Å². The van der Waals surface area contributed by atoms with E-state index in [1.54, 1.807) is 33.5 Å². The van der Waals surface area contributed by atoms with Gasteiger partial charge in [-0.05, 0) is 84.9 Å². The van der Waals surface area contributed by atoms with Gasteiger partial charge in [-0.1, -0.05) is 54.6 Å². The van der Waals surface area contributed by atoms with E-state index in [0.29, 0.717) is 34.6 Å². The highest BCUT2D eigenvalue weighted by Gasteiger charge is 2.19. The molecule has 0 unspecified atom stereocenters. The Kier molecular flexibility index (Phi) is 7.66. The number of benzene rings is 6. The Morgan fingerprint density at radius 3 is 1.55 bits per heavy atom. The molecule has 240 valence electrons. The van der Waals surface area contributed by atoms with Crippen LogP contribution in [0.2, 0.25) is 0 Å². The molecule has 0 saturated carbocycles. The maximum atomic E-state index is 6.12. The third kappa shape index (κ3) is 5.29. The molecule has 0 fully saturated rings. The predicted octanol–water partition coefficient (Wildman–Crippen LogP) is 10.00. The summed E-state index contributed by atoms with van der Waals surface area (Å²) in [6, 6.07) is 47.8. The lowest BCUT2D eigenvalue weighted by atomic mass is 10.1. The zero-order valence-electron chi connectivity index (χ0n) is 27.2. The van der Waals surface area contributed by atoms with Crippen molar-refractivity contribution in [3.05, 3.63) is 140 Å². The largest absolute Gasteiger partial charge is 0.493 e. The summed E-state index contributed by atoms with van der Waals surface area (Å²) in [7, 11) is 4.71. The van der Waals surface area contributed by atoms with E-state index >= 15 is 0 Å². The Morgan fingerprint density at radius 2 is 1.00 bits per heavy atom. The van der Waals surface area contributed by atoms with Gasteiger partial charge < -0.3 is 28.1 Å². The molecule has 0 N–H and O–H groups in total. The SMILES string of the molecule is COc1cc(-c2nnc(-c3ccc(N(c4ccccc4)c4ccc(-n5c6ccccc6c6ccccc65)cc4)cc3)o2)cc(OC)c1OC. The van der Waals surface area contributed by atoms with E-state index in [0.717, 1.165) is 28.3 Å². The number of hydrogen-bond donors (Lipinski definition) is 0. The van der Waals surface area contributed by atoms with E-state index in [1.165, 1.54) is 21.8 Å². The number of hydrogen-bond acceptors (Lipinski definition) is 7. The van der Waals surface area contributed by atoms with Crippen molar-refractivity contribution in [1.29, 1.82) is 0 Å². The summed E-state index contributed by atoms with van der Waals surface area (Å²) in [6.07, 6.45) is 0. The smallest absolute Gasteiger partial charge is 0.248 e. The first-order chi connectivity index (χ1) is 24.2. The number of rotatable bonds is 9. The van der Waals surface area contributed by atoms with E-state index in [2.05, 4.69) is 117 Å². The lowest BCUT2D eigenvalue weighted by molar-refractivity contribution is 0.324. The zero-order valence-corrected chi connectivity index (χ0v) is 27.2. The van der Waals surface area contributed by atoms with Crippen molar-refractivity contribution in [3.63, 3.8) is 0 Å². The monoisotopic (exact) mass is 644 g/mol. The van der Waals surface area contributed by atoms with Crippen molar-refractivity contribution < 1.29 is 18.6 Å². The van der Waals surface area contributed by atoms with Crippen LogP contribution in [0.3, 0.4) is 0 Å². The van der Waals surface area contributed by atoms with Gasteiger partial charge in [-0.3, -0.25) is 0 Å². The van der Waals surface area contributed by atoms with Gasteiger partial charge in [0.15, 0.2) is 11.5 Å². The summed E-state index contributed by atoms with van der Waals surface area (Å²) in [5.74, 6) is 2.24. The maximum Gasteiger partial charge on any atom is 0.248 e. The number of ether oxygens (including phenoxy) is 3. The van der Waals surface area contributed by atoms with Crippen LogP contribution < -0.4 is 19.1 Å². The quantitative estimate of drug-likeness (QED) is 0.155. The van der Waals surface area contributed by atoms with Crippen LogP contribution in [0.5, 0.6) is 17.2 Å². The zero-order chi connectivity index (χ0) is 33.3. The molecule has 0 aliphatic heterocycles. The average Bonchev–Trinajstić information content (AvgIpc) is 3.79. The summed E-state index contributed by atoms with van der Waals surface area (Å²) in [5, 5.41) is 11.1. The Labute approximate surface area is 283 Å². The third-order valence-corrected chi connectivity index (χ3v) is 8.67. The topological polar surface area (TPSA) is 74.8 Å². The van der Waals surface area contributed by atoms with Gasteiger partial charge in [0, 0.05) is 44.6 Å². The van der Waals surface area contributed by atoms with Crippen LogP contribution in [-0.2, 0) is 0 Å². The van der Waals surface area contributed by atoms with Crippen LogP contribution in [0.4, 0.5) is 17.1 Å². The van der Waals surface area contributed by atoms with Gasteiger partial charge in [0.25, 0.3) is 0 Å². The lowest BCUT2D eigenvalue weighted by Crippen LogP contribution is -2.10. The number of fused-ring (bicyclic) bond motifs is 3. The van der Waals surface area contributed by atoms with Gasteiger partial charge in [-0.2, -0.15) is 0 Å². The predicted molar refractivity (Wildman–Crippen MR) is 194 cm³/mol. The number of nitrogens with zero attached hydrogens (tertiary/aromatic N) is 4. The molecule has 0 saturated heterocycles. The van der Waals surface area contributed by atoms with Crippen molar-refractivity contribution in [3.8, 4) is 45.8 Å².